The van der Waals surface area contributed by atoms with Crippen molar-refractivity contribution in [1.82, 2.24) is 0 Å². The largest absolute Gasteiger partial charge is 0.481 e. The van der Waals surface area contributed by atoms with Crippen molar-refractivity contribution in [2.75, 3.05) is 0 Å². The van der Waals surface area contributed by atoms with Gasteiger partial charge in [0.2, 0.25) is 0 Å². The second-order valence-electron chi connectivity index (χ2n) is 4.69. The summed E-state index contributed by atoms with van der Waals surface area (Å²) in [4.78, 5) is 10.4. The molecule has 0 aromatic heterocycles. The van der Waals surface area contributed by atoms with E-state index >= 15 is 0 Å². The molecule has 1 atom stereocenters. The lowest BCUT2D eigenvalue weighted by Gasteiger charge is -2.16. The molecule has 1 rings (SSSR count). The number of benzene rings is 1. The van der Waals surface area contributed by atoms with Crippen LogP contribution in [0.2, 0.25) is 0 Å². The molecule has 0 saturated carbocycles. The molecule has 3 N–H and O–H groups in total. The van der Waals surface area contributed by atoms with E-state index in [1.165, 1.54) is 16.7 Å². The minimum absolute atomic E-state index is 0.0614. The van der Waals surface area contributed by atoms with E-state index in [0.717, 1.165) is 12.0 Å². The van der Waals surface area contributed by atoms with Gasteiger partial charge in [-0.1, -0.05) is 12.1 Å². The van der Waals surface area contributed by atoms with Crippen molar-refractivity contribution in [2.45, 2.75) is 46.1 Å². The molecule has 3 heteroatoms. The van der Waals surface area contributed by atoms with E-state index in [2.05, 4.69) is 32.9 Å². The average molecular weight is 235 g/mol. The van der Waals surface area contributed by atoms with Crippen LogP contribution in [0.1, 0.15) is 47.6 Å². The molecular weight excluding hydrogens is 214 g/mol. The zero-order valence-corrected chi connectivity index (χ0v) is 10.8. The van der Waals surface area contributed by atoms with Crippen LogP contribution < -0.4 is 5.73 Å². The molecule has 1 aromatic rings. The summed E-state index contributed by atoms with van der Waals surface area (Å²) in [5.74, 6) is -0.756. The number of carboxylic acid groups (broad SMARTS) is 1. The second kappa shape index (κ2) is 5.82. The molecule has 94 valence electrons. The maximum atomic E-state index is 10.4. The summed E-state index contributed by atoms with van der Waals surface area (Å²) in [6.07, 6.45) is 1.54. The number of carboxylic acids is 1. The Morgan fingerprint density at radius 2 is 1.82 bits per heavy atom. The Morgan fingerprint density at radius 1 is 1.24 bits per heavy atom. The van der Waals surface area contributed by atoms with Crippen molar-refractivity contribution in [1.29, 1.82) is 0 Å². The van der Waals surface area contributed by atoms with E-state index in [9.17, 15) is 4.79 Å². The minimum atomic E-state index is -0.756. The van der Waals surface area contributed by atoms with Gasteiger partial charge in [0.05, 0.1) is 0 Å². The molecule has 3 nitrogen and oxygen atoms in total. The molecule has 0 spiro atoms. The van der Waals surface area contributed by atoms with Gasteiger partial charge in [-0.05, 0) is 55.9 Å². The van der Waals surface area contributed by atoms with E-state index in [4.69, 9.17) is 10.8 Å². The molecule has 0 aliphatic rings. The summed E-state index contributed by atoms with van der Waals surface area (Å²) in [6, 6.07) is 4.20. The van der Waals surface area contributed by atoms with Gasteiger partial charge in [0, 0.05) is 12.5 Å². The molecule has 1 aromatic carbocycles. The van der Waals surface area contributed by atoms with Crippen LogP contribution in [0.3, 0.4) is 0 Å². The van der Waals surface area contributed by atoms with Crippen LogP contribution in [-0.2, 0) is 4.79 Å². The third-order valence-corrected chi connectivity index (χ3v) is 3.19. The highest BCUT2D eigenvalue weighted by Crippen LogP contribution is 2.23. The van der Waals surface area contributed by atoms with Gasteiger partial charge < -0.3 is 10.8 Å². The van der Waals surface area contributed by atoms with Crippen molar-refractivity contribution in [3.05, 3.63) is 34.4 Å². The second-order valence-corrected chi connectivity index (χ2v) is 4.69. The van der Waals surface area contributed by atoms with Crippen molar-refractivity contribution >= 4 is 5.97 Å². The monoisotopic (exact) mass is 235 g/mol. The fraction of sp³-hybridized carbons (Fsp3) is 0.500. The van der Waals surface area contributed by atoms with E-state index < -0.39 is 5.97 Å². The van der Waals surface area contributed by atoms with E-state index in [-0.39, 0.29) is 12.5 Å². The third kappa shape index (κ3) is 3.86. The van der Waals surface area contributed by atoms with Gasteiger partial charge in [0.15, 0.2) is 0 Å². The maximum absolute atomic E-state index is 10.4. The van der Waals surface area contributed by atoms with Gasteiger partial charge in [-0.3, -0.25) is 4.79 Å². The highest BCUT2D eigenvalue weighted by molar-refractivity contribution is 5.66. The van der Waals surface area contributed by atoms with Gasteiger partial charge in [0.25, 0.3) is 0 Å². The van der Waals surface area contributed by atoms with Crippen molar-refractivity contribution in [3.63, 3.8) is 0 Å². The first kappa shape index (κ1) is 13.7. The number of hydrogen-bond acceptors (Lipinski definition) is 2. The zero-order valence-electron chi connectivity index (χ0n) is 10.8. The molecule has 0 amide bonds. The fourth-order valence-electron chi connectivity index (χ4n) is 2.01. The SMILES string of the molecule is Cc1cc(C)c(C(N)CCCC(=O)O)cc1C. The first-order chi connectivity index (χ1) is 7.91. The molecular formula is C14H21NO2. The Labute approximate surface area is 103 Å². The normalized spacial score (nSPS) is 12.5. The number of aliphatic carboxylic acids is 1. The first-order valence-electron chi connectivity index (χ1n) is 5.97. The lowest BCUT2D eigenvalue weighted by Crippen LogP contribution is -2.13. The Morgan fingerprint density at radius 3 is 2.41 bits per heavy atom. The van der Waals surface area contributed by atoms with Crippen LogP contribution in [0.4, 0.5) is 0 Å². The van der Waals surface area contributed by atoms with Gasteiger partial charge >= 0.3 is 5.97 Å². The van der Waals surface area contributed by atoms with Crippen molar-refractivity contribution in [3.8, 4) is 0 Å². The van der Waals surface area contributed by atoms with E-state index in [1.54, 1.807) is 0 Å². The molecule has 0 radical (unpaired) electrons. The Bertz CT molecular complexity index is 413. The highest BCUT2D eigenvalue weighted by atomic mass is 16.4. The van der Waals surface area contributed by atoms with Crippen molar-refractivity contribution in [2.24, 2.45) is 5.73 Å². The molecule has 0 bridgehead atoms. The summed E-state index contributed by atoms with van der Waals surface area (Å²) in [5.41, 5.74) is 10.9. The van der Waals surface area contributed by atoms with Crippen LogP contribution >= 0.6 is 0 Å². The summed E-state index contributed by atoms with van der Waals surface area (Å²) >= 11 is 0. The van der Waals surface area contributed by atoms with Crippen molar-refractivity contribution < 1.29 is 9.90 Å². The Hall–Kier alpha value is -1.35. The maximum Gasteiger partial charge on any atom is 0.303 e. The summed E-state index contributed by atoms with van der Waals surface area (Å²) in [5, 5.41) is 8.59. The molecule has 0 fully saturated rings. The lowest BCUT2D eigenvalue weighted by molar-refractivity contribution is -0.137. The molecule has 1 unspecified atom stereocenters. The summed E-state index contributed by atoms with van der Waals surface area (Å²) < 4.78 is 0. The van der Waals surface area contributed by atoms with Gasteiger partial charge in [-0.2, -0.15) is 0 Å². The van der Waals surface area contributed by atoms with Crippen LogP contribution in [-0.4, -0.2) is 11.1 Å². The topological polar surface area (TPSA) is 63.3 Å². The van der Waals surface area contributed by atoms with Gasteiger partial charge in [0.1, 0.15) is 0 Å². The Kier molecular flexibility index (Phi) is 4.70. The molecule has 0 heterocycles. The number of aryl methyl sites for hydroxylation is 3. The molecule has 0 aliphatic carbocycles. The molecule has 0 saturated heterocycles. The van der Waals surface area contributed by atoms with Crippen LogP contribution in [0.15, 0.2) is 12.1 Å². The predicted molar refractivity (Wildman–Crippen MR) is 69.1 cm³/mol. The van der Waals surface area contributed by atoms with Crippen LogP contribution in [0.5, 0.6) is 0 Å². The summed E-state index contributed by atoms with van der Waals surface area (Å²) in [7, 11) is 0. The van der Waals surface area contributed by atoms with Gasteiger partial charge in [-0.25, -0.2) is 0 Å². The fourth-order valence-corrected chi connectivity index (χ4v) is 2.01. The number of carbonyl (C=O) groups is 1. The number of nitrogens with two attached hydrogens (primary N) is 1. The predicted octanol–water partition coefficient (Wildman–Crippen LogP) is 2.87. The van der Waals surface area contributed by atoms with Gasteiger partial charge in [-0.15, -0.1) is 0 Å². The smallest absolute Gasteiger partial charge is 0.303 e. The molecule has 0 aliphatic heterocycles. The average Bonchev–Trinajstić information content (AvgIpc) is 2.22. The molecule has 17 heavy (non-hydrogen) atoms. The lowest BCUT2D eigenvalue weighted by atomic mass is 9.93. The zero-order chi connectivity index (χ0) is 13.0. The van der Waals surface area contributed by atoms with E-state index in [1.807, 2.05) is 0 Å². The number of hydrogen-bond donors (Lipinski definition) is 2. The van der Waals surface area contributed by atoms with Crippen LogP contribution in [0.25, 0.3) is 0 Å². The third-order valence-electron chi connectivity index (χ3n) is 3.19. The standard InChI is InChI=1S/C14H21NO2/c1-9-7-11(3)12(8-10(9)2)13(15)5-4-6-14(16)17/h7-8,13H,4-6,15H2,1-3H3,(H,16,17). The minimum Gasteiger partial charge on any atom is -0.481 e. The summed E-state index contributed by atoms with van der Waals surface area (Å²) in [6.45, 7) is 6.21. The van der Waals surface area contributed by atoms with Crippen LogP contribution in [0, 0.1) is 20.8 Å². The Balaban J connectivity index is 2.71. The first-order valence-corrected chi connectivity index (χ1v) is 5.97. The van der Waals surface area contributed by atoms with E-state index in [0.29, 0.717) is 6.42 Å². The quantitative estimate of drug-likeness (QED) is 0.824. The number of rotatable bonds is 5. The highest BCUT2D eigenvalue weighted by Gasteiger charge is 2.11.